The minimum atomic E-state index is -1.63. The first-order chi connectivity index (χ1) is 14.0. The average Bonchev–Trinajstić information content (AvgIpc) is 2.66. The van der Waals surface area contributed by atoms with Gasteiger partial charge in [0.2, 0.25) is 17.7 Å². The van der Waals surface area contributed by atoms with Crippen molar-refractivity contribution in [2.45, 2.75) is 50.4 Å². The molecule has 3 amide bonds. The molecule has 0 bridgehead atoms. The van der Waals surface area contributed by atoms with E-state index in [2.05, 4.69) is 16.0 Å². The molecule has 7 N–H and O–H groups in total. The van der Waals surface area contributed by atoms with Crippen molar-refractivity contribution in [1.29, 1.82) is 0 Å². The van der Waals surface area contributed by atoms with Crippen LogP contribution in [0.4, 0.5) is 0 Å². The van der Waals surface area contributed by atoms with E-state index in [0.29, 0.717) is 17.9 Å². The van der Waals surface area contributed by atoms with E-state index in [4.69, 9.17) is 15.9 Å². The van der Waals surface area contributed by atoms with Crippen LogP contribution in [0.2, 0.25) is 0 Å². The number of amides is 3. The largest absolute Gasteiger partial charge is 0.481 e. The van der Waals surface area contributed by atoms with Crippen LogP contribution in [-0.4, -0.2) is 88.1 Å². The first kappa shape index (κ1) is 28.0. The molecule has 0 rings (SSSR count). The Morgan fingerprint density at radius 3 is 1.53 bits per heavy atom. The van der Waals surface area contributed by atoms with Gasteiger partial charge in [0.25, 0.3) is 0 Å². The third-order valence-corrected chi connectivity index (χ3v) is 5.18. The molecule has 0 spiro atoms. The van der Waals surface area contributed by atoms with E-state index in [9.17, 15) is 24.0 Å². The Bertz CT molecular complexity index is 619. The third-order valence-electron chi connectivity index (χ3n) is 3.89. The van der Waals surface area contributed by atoms with Crippen molar-refractivity contribution in [2.75, 3.05) is 24.0 Å². The van der Waals surface area contributed by atoms with E-state index in [-0.39, 0.29) is 6.42 Å². The lowest BCUT2D eigenvalue weighted by molar-refractivity contribution is -0.147. The van der Waals surface area contributed by atoms with Gasteiger partial charge in [0, 0.05) is 0 Å². The predicted molar refractivity (Wildman–Crippen MR) is 115 cm³/mol. The van der Waals surface area contributed by atoms with Gasteiger partial charge in [0.05, 0.1) is 12.5 Å². The lowest BCUT2D eigenvalue weighted by Crippen LogP contribution is -2.57. The molecule has 0 radical (unpaired) electrons. The molecular formula is C17H30N4O7S2. The molecule has 0 aromatic rings. The number of nitrogens with one attached hydrogen (secondary N) is 3. The van der Waals surface area contributed by atoms with Crippen LogP contribution in [0.15, 0.2) is 0 Å². The highest BCUT2D eigenvalue weighted by molar-refractivity contribution is 7.98. The maximum absolute atomic E-state index is 12.7. The van der Waals surface area contributed by atoms with E-state index >= 15 is 0 Å². The summed E-state index contributed by atoms with van der Waals surface area (Å²) in [6.45, 7) is 1.47. The second-order valence-corrected chi connectivity index (χ2v) is 8.44. The Balaban J connectivity index is 5.34. The number of carbonyl (C=O) groups excluding carboxylic acids is 3. The van der Waals surface area contributed by atoms with E-state index in [1.807, 2.05) is 6.26 Å². The number of carboxylic acids is 2. The molecule has 0 aromatic carbocycles. The van der Waals surface area contributed by atoms with Crippen molar-refractivity contribution in [2.24, 2.45) is 5.73 Å². The topological polar surface area (TPSA) is 188 Å². The summed E-state index contributed by atoms with van der Waals surface area (Å²) >= 11 is 2.89. The highest BCUT2D eigenvalue weighted by Crippen LogP contribution is 2.06. The van der Waals surface area contributed by atoms with E-state index < -0.39 is 60.2 Å². The minimum absolute atomic E-state index is 0.189. The van der Waals surface area contributed by atoms with Crippen LogP contribution < -0.4 is 21.7 Å². The fraction of sp³-hybridized carbons (Fsp3) is 0.706. The molecule has 11 nitrogen and oxygen atoms in total. The quantitative estimate of drug-likeness (QED) is 0.172. The van der Waals surface area contributed by atoms with Gasteiger partial charge in [0.1, 0.15) is 18.1 Å². The van der Waals surface area contributed by atoms with Gasteiger partial charge < -0.3 is 31.9 Å². The molecule has 172 valence electrons. The summed E-state index contributed by atoms with van der Waals surface area (Å²) in [6.07, 6.45) is 3.33. The number of hydrogen-bond acceptors (Lipinski definition) is 8. The Morgan fingerprint density at radius 1 is 0.800 bits per heavy atom. The van der Waals surface area contributed by atoms with Gasteiger partial charge in [-0.1, -0.05) is 0 Å². The molecule has 0 heterocycles. The van der Waals surface area contributed by atoms with Gasteiger partial charge in [0.15, 0.2) is 0 Å². The normalized spacial score (nSPS) is 14.7. The van der Waals surface area contributed by atoms with Crippen LogP contribution in [0.3, 0.4) is 0 Å². The van der Waals surface area contributed by atoms with Crippen molar-refractivity contribution in [1.82, 2.24) is 16.0 Å². The second-order valence-electron chi connectivity index (χ2n) is 6.47. The number of rotatable bonds is 15. The van der Waals surface area contributed by atoms with E-state index in [0.717, 1.165) is 0 Å². The Kier molecular flexibility index (Phi) is 13.9. The molecule has 0 fully saturated rings. The van der Waals surface area contributed by atoms with Gasteiger partial charge >= 0.3 is 11.9 Å². The number of aliphatic carboxylic acids is 2. The smallest absolute Gasteiger partial charge is 0.326 e. The van der Waals surface area contributed by atoms with Crippen molar-refractivity contribution in [3.8, 4) is 0 Å². The van der Waals surface area contributed by atoms with Gasteiger partial charge in [-0.05, 0) is 43.8 Å². The fourth-order valence-electron chi connectivity index (χ4n) is 2.23. The summed E-state index contributed by atoms with van der Waals surface area (Å²) in [7, 11) is 0. The molecule has 0 saturated carbocycles. The van der Waals surface area contributed by atoms with Crippen LogP contribution in [0.5, 0.6) is 0 Å². The number of carboxylic acid groups (broad SMARTS) is 2. The first-order valence-electron chi connectivity index (χ1n) is 9.12. The second kappa shape index (κ2) is 14.9. The van der Waals surface area contributed by atoms with E-state index in [1.165, 1.54) is 30.4 Å². The molecule has 30 heavy (non-hydrogen) atoms. The van der Waals surface area contributed by atoms with Crippen LogP contribution in [0, 0.1) is 0 Å². The van der Waals surface area contributed by atoms with Crippen molar-refractivity contribution < 1.29 is 34.2 Å². The minimum Gasteiger partial charge on any atom is -0.481 e. The van der Waals surface area contributed by atoms with Gasteiger partial charge in [-0.2, -0.15) is 23.5 Å². The number of hydrogen-bond donors (Lipinski definition) is 6. The summed E-state index contributed by atoms with van der Waals surface area (Å²) in [4.78, 5) is 59.2. The van der Waals surface area contributed by atoms with Crippen molar-refractivity contribution in [3.63, 3.8) is 0 Å². The lowest BCUT2D eigenvalue weighted by atomic mass is 10.1. The van der Waals surface area contributed by atoms with Gasteiger partial charge in [-0.25, -0.2) is 4.79 Å². The zero-order valence-electron chi connectivity index (χ0n) is 17.2. The summed E-state index contributed by atoms with van der Waals surface area (Å²) in [5, 5.41) is 25.2. The number of carbonyl (C=O) groups is 5. The SMILES string of the molecule is CSCCC(NC(=O)C(C)N)C(=O)NC(CCSC)C(=O)NC(CC(=O)O)C(=O)O. The molecule has 0 saturated heterocycles. The molecule has 0 aliphatic carbocycles. The summed E-state index contributed by atoms with van der Waals surface area (Å²) in [5.41, 5.74) is 5.53. The van der Waals surface area contributed by atoms with Crippen molar-refractivity contribution in [3.05, 3.63) is 0 Å². The van der Waals surface area contributed by atoms with Crippen molar-refractivity contribution >= 4 is 53.2 Å². The summed E-state index contributed by atoms with van der Waals surface area (Å²) in [6, 6.07) is -4.47. The van der Waals surface area contributed by atoms with Crippen LogP contribution >= 0.6 is 23.5 Å². The average molecular weight is 467 g/mol. The van der Waals surface area contributed by atoms with Crippen LogP contribution in [0.25, 0.3) is 0 Å². The maximum Gasteiger partial charge on any atom is 0.326 e. The molecule has 0 aliphatic rings. The molecule has 4 unspecified atom stereocenters. The Morgan fingerprint density at radius 2 is 1.20 bits per heavy atom. The molecule has 13 heteroatoms. The molecule has 0 aromatic heterocycles. The molecule has 4 atom stereocenters. The van der Waals surface area contributed by atoms with E-state index in [1.54, 1.807) is 6.26 Å². The fourth-order valence-corrected chi connectivity index (χ4v) is 3.17. The molecular weight excluding hydrogens is 436 g/mol. The number of nitrogens with two attached hydrogens (primary N) is 1. The van der Waals surface area contributed by atoms with Crippen LogP contribution in [-0.2, 0) is 24.0 Å². The van der Waals surface area contributed by atoms with Gasteiger partial charge in [-0.15, -0.1) is 0 Å². The molecule has 0 aliphatic heterocycles. The predicted octanol–water partition coefficient (Wildman–Crippen LogP) is -1.15. The third kappa shape index (κ3) is 11.3. The Hall–Kier alpha value is -1.99. The Labute approximate surface area is 183 Å². The highest BCUT2D eigenvalue weighted by atomic mass is 32.2. The maximum atomic E-state index is 12.7. The monoisotopic (exact) mass is 466 g/mol. The number of thioether (sulfide) groups is 2. The van der Waals surface area contributed by atoms with Gasteiger partial charge in [-0.3, -0.25) is 19.2 Å². The zero-order chi connectivity index (χ0) is 23.3. The summed E-state index contributed by atoms with van der Waals surface area (Å²) < 4.78 is 0. The highest BCUT2D eigenvalue weighted by Gasteiger charge is 2.30. The zero-order valence-corrected chi connectivity index (χ0v) is 18.8. The summed E-state index contributed by atoms with van der Waals surface area (Å²) in [5.74, 6) is -3.77. The standard InChI is InChI=1S/C17H30N4O7S2/c1-9(18)14(24)19-10(4-6-29-2)15(25)20-11(5-7-30-3)16(26)21-12(17(27)28)8-13(22)23/h9-12H,4-8,18H2,1-3H3,(H,19,24)(H,20,25)(H,21,26)(H,22,23)(H,27,28). The first-order valence-corrected chi connectivity index (χ1v) is 11.9. The lowest BCUT2D eigenvalue weighted by Gasteiger charge is -2.24. The van der Waals surface area contributed by atoms with Crippen LogP contribution in [0.1, 0.15) is 26.2 Å².